The minimum Gasteiger partial charge on any atom is -0.492 e. The summed E-state index contributed by atoms with van der Waals surface area (Å²) < 4.78 is 24.5. The number of ether oxygens (including phenoxy) is 2. The molecule has 0 heterocycles. The van der Waals surface area contributed by atoms with Gasteiger partial charge in [0.25, 0.3) is 0 Å². The molecular weight excluding hydrogens is 305 g/mol. The number of benzene rings is 1. The molecule has 0 radical (unpaired) electrons. The molecule has 0 bridgehead atoms. The average molecular weight is 316 g/mol. The normalized spacial score (nSPS) is 15.8. The summed E-state index contributed by atoms with van der Waals surface area (Å²) in [4.78, 5) is 14.3. The summed E-state index contributed by atoms with van der Waals surface area (Å²) in [5, 5.41) is 0. The van der Waals surface area contributed by atoms with E-state index in [1.165, 1.54) is 20.3 Å². The monoisotopic (exact) mass is 315 g/mol. The molecule has 0 atom stereocenters. The molecule has 4 nitrogen and oxygen atoms in total. The van der Waals surface area contributed by atoms with Crippen molar-refractivity contribution in [2.45, 2.75) is 18.4 Å². The number of halogens is 2. The third-order valence-corrected chi connectivity index (χ3v) is 3.62. The van der Waals surface area contributed by atoms with Crippen molar-refractivity contribution in [3.63, 3.8) is 0 Å². The SMILES string of the molecule is COc1c(F)cc(Br)c(C2(N=C=O)CC2)c1OC. The number of isocyanates is 1. The second-order valence-corrected chi connectivity index (χ2v) is 4.87. The van der Waals surface area contributed by atoms with Gasteiger partial charge in [-0.2, -0.15) is 4.99 Å². The lowest BCUT2D eigenvalue weighted by atomic mass is 10.0. The van der Waals surface area contributed by atoms with Gasteiger partial charge in [-0.05, 0) is 18.9 Å². The zero-order valence-electron chi connectivity index (χ0n) is 9.92. The van der Waals surface area contributed by atoms with Crippen molar-refractivity contribution in [2.75, 3.05) is 14.2 Å². The van der Waals surface area contributed by atoms with Crippen LogP contribution in [0, 0.1) is 5.82 Å². The van der Waals surface area contributed by atoms with E-state index in [9.17, 15) is 9.18 Å². The highest BCUT2D eigenvalue weighted by Gasteiger charge is 2.49. The maximum Gasteiger partial charge on any atom is 0.235 e. The van der Waals surface area contributed by atoms with E-state index >= 15 is 0 Å². The van der Waals surface area contributed by atoms with Crippen LogP contribution in [0.4, 0.5) is 4.39 Å². The van der Waals surface area contributed by atoms with Crippen LogP contribution in [0.25, 0.3) is 0 Å². The minimum atomic E-state index is -0.660. The molecule has 1 aromatic rings. The zero-order valence-corrected chi connectivity index (χ0v) is 11.5. The average Bonchev–Trinajstić information content (AvgIpc) is 3.09. The van der Waals surface area contributed by atoms with E-state index in [2.05, 4.69) is 20.9 Å². The summed E-state index contributed by atoms with van der Waals surface area (Å²) in [7, 11) is 2.79. The molecule has 0 spiro atoms. The van der Waals surface area contributed by atoms with Crippen molar-refractivity contribution in [3.8, 4) is 11.5 Å². The van der Waals surface area contributed by atoms with Crippen LogP contribution in [-0.2, 0) is 10.3 Å². The smallest absolute Gasteiger partial charge is 0.235 e. The predicted molar refractivity (Wildman–Crippen MR) is 66.2 cm³/mol. The number of rotatable bonds is 4. The van der Waals surface area contributed by atoms with Gasteiger partial charge in [-0.3, -0.25) is 0 Å². The Bertz CT molecular complexity index is 537. The van der Waals surface area contributed by atoms with Crippen LogP contribution in [0.2, 0.25) is 0 Å². The molecule has 0 aromatic heterocycles. The van der Waals surface area contributed by atoms with Crippen LogP contribution in [0.15, 0.2) is 15.5 Å². The largest absolute Gasteiger partial charge is 0.492 e. The molecule has 0 saturated heterocycles. The van der Waals surface area contributed by atoms with Crippen LogP contribution >= 0.6 is 15.9 Å². The molecule has 1 aliphatic carbocycles. The van der Waals surface area contributed by atoms with Gasteiger partial charge in [-0.1, -0.05) is 15.9 Å². The van der Waals surface area contributed by atoms with Crippen LogP contribution in [-0.4, -0.2) is 20.3 Å². The molecule has 1 fully saturated rings. The number of aliphatic imine (C=N–C) groups is 1. The molecule has 18 heavy (non-hydrogen) atoms. The number of hydrogen-bond donors (Lipinski definition) is 0. The second kappa shape index (κ2) is 4.71. The summed E-state index contributed by atoms with van der Waals surface area (Å²) in [6.07, 6.45) is 2.96. The minimum absolute atomic E-state index is 0.0167. The van der Waals surface area contributed by atoms with Gasteiger partial charge < -0.3 is 9.47 Å². The third-order valence-electron chi connectivity index (χ3n) is 3.00. The predicted octanol–water partition coefficient (Wildman–Crippen LogP) is 2.93. The number of hydrogen-bond acceptors (Lipinski definition) is 4. The van der Waals surface area contributed by atoms with Crippen molar-refractivity contribution in [1.29, 1.82) is 0 Å². The molecule has 1 saturated carbocycles. The first-order valence-electron chi connectivity index (χ1n) is 5.29. The maximum atomic E-state index is 13.7. The van der Waals surface area contributed by atoms with Gasteiger partial charge in [-0.25, -0.2) is 9.18 Å². The van der Waals surface area contributed by atoms with E-state index in [0.29, 0.717) is 22.9 Å². The lowest BCUT2D eigenvalue weighted by Crippen LogP contribution is -2.09. The molecular formula is C12H11BrFNO3. The Balaban J connectivity index is 2.70. The highest BCUT2D eigenvalue weighted by molar-refractivity contribution is 9.10. The number of carbonyl (C=O) groups excluding carboxylic acids is 1. The van der Waals surface area contributed by atoms with Crippen molar-refractivity contribution in [3.05, 3.63) is 21.9 Å². The molecule has 6 heteroatoms. The standard InChI is InChI=1S/C12H11BrFNO3/c1-17-10-8(14)5-7(13)9(11(10)18-2)12(3-4-12)15-6-16/h5H,3-4H2,1-2H3. The molecule has 0 unspecified atom stereocenters. The Morgan fingerprint density at radius 1 is 1.39 bits per heavy atom. The number of methoxy groups -OCH3 is 2. The van der Waals surface area contributed by atoms with Crippen molar-refractivity contribution in [2.24, 2.45) is 4.99 Å². The molecule has 0 amide bonds. The first-order chi connectivity index (χ1) is 8.59. The molecule has 1 aliphatic rings. The molecule has 96 valence electrons. The molecule has 0 N–H and O–H groups in total. The van der Waals surface area contributed by atoms with Gasteiger partial charge in [0.2, 0.25) is 6.08 Å². The zero-order chi connectivity index (χ0) is 13.3. The van der Waals surface area contributed by atoms with Gasteiger partial charge in [0.15, 0.2) is 17.3 Å². The topological polar surface area (TPSA) is 47.9 Å². The molecule has 1 aromatic carbocycles. The summed E-state index contributed by atoms with van der Waals surface area (Å²) >= 11 is 3.28. The molecule has 0 aliphatic heterocycles. The molecule has 2 rings (SSSR count). The van der Waals surface area contributed by atoms with Crippen LogP contribution in [0.1, 0.15) is 18.4 Å². The number of nitrogens with zero attached hydrogens (tertiary/aromatic N) is 1. The maximum absolute atomic E-state index is 13.7. The van der Waals surface area contributed by atoms with Gasteiger partial charge >= 0.3 is 0 Å². The van der Waals surface area contributed by atoms with Gasteiger partial charge in [-0.15, -0.1) is 0 Å². The van der Waals surface area contributed by atoms with Gasteiger partial charge in [0.05, 0.1) is 14.2 Å². The van der Waals surface area contributed by atoms with Crippen molar-refractivity contribution < 1.29 is 18.7 Å². The highest BCUT2D eigenvalue weighted by atomic mass is 79.9. The summed E-state index contributed by atoms with van der Waals surface area (Å²) in [5.74, 6) is -0.250. The van der Waals surface area contributed by atoms with Crippen LogP contribution in [0.5, 0.6) is 11.5 Å². The summed E-state index contributed by atoms with van der Waals surface area (Å²) in [6, 6.07) is 1.29. The lowest BCUT2D eigenvalue weighted by Gasteiger charge is -2.18. The Morgan fingerprint density at radius 3 is 2.44 bits per heavy atom. The second-order valence-electron chi connectivity index (χ2n) is 4.02. The van der Waals surface area contributed by atoms with E-state index in [1.54, 1.807) is 6.08 Å². The Morgan fingerprint density at radius 2 is 2.00 bits per heavy atom. The first-order valence-corrected chi connectivity index (χ1v) is 6.08. The van der Waals surface area contributed by atoms with E-state index < -0.39 is 11.4 Å². The van der Waals surface area contributed by atoms with Gasteiger partial charge in [0, 0.05) is 10.0 Å². The van der Waals surface area contributed by atoms with Gasteiger partial charge in [0.1, 0.15) is 5.54 Å². The van der Waals surface area contributed by atoms with E-state index in [1.807, 2.05) is 0 Å². The summed E-state index contributed by atoms with van der Waals surface area (Å²) in [5.41, 5.74) is -0.0287. The van der Waals surface area contributed by atoms with Crippen molar-refractivity contribution >= 4 is 22.0 Å². The lowest BCUT2D eigenvalue weighted by molar-refractivity contribution is 0.331. The fraction of sp³-hybridized carbons (Fsp3) is 0.417. The Hall–Kier alpha value is -1.39. The highest BCUT2D eigenvalue weighted by Crippen LogP contribution is 2.57. The van der Waals surface area contributed by atoms with E-state index in [-0.39, 0.29) is 11.5 Å². The Labute approximate surface area is 112 Å². The third kappa shape index (κ3) is 1.91. The van der Waals surface area contributed by atoms with Crippen LogP contribution < -0.4 is 9.47 Å². The van der Waals surface area contributed by atoms with Crippen molar-refractivity contribution in [1.82, 2.24) is 0 Å². The Kier molecular flexibility index (Phi) is 3.41. The fourth-order valence-electron chi connectivity index (χ4n) is 2.02. The summed E-state index contributed by atoms with van der Waals surface area (Å²) in [6.45, 7) is 0. The quantitative estimate of drug-likeness (QED) is 0.634. The fourth-order valence-corrected chi connectivity index (χ4v) is 2.77. The van der Waals surface area contributed by atoms with E-state index in [0.717, 1.165) is 0 Å². The van der Waals surface area contributed by atoms with E-state index in [4.69, 9.17) is 9.47 Å². The van der Waals surface area contributed by atoms with Crippen LogP contribution in [0.3, 0.4) is 0 Å². The first kappa shape index (κ1) is 13.1.